The highest BCUT2D eigenvalue weighted by Gasteiger charge is 2.01. The fourth-order valence-corrected chi connectivity index (χ4v) is 1.76. The summed E-state index contributed by atoms with van der Waals surface area (Å²) in [4.78, 5) is 11.5. The van der Waals surface area contributed by atoms with Gasteiger partial charge in [0.2, 0.25) is 0 Å². The second-order valence-electron chi connectivity index (χ2n) is 2.72. The van der Waals surface area contributed by atoms with E-state index in [9.17, 15) is 9.18 Å². The van der Waals surface area contributed by atoms with E-state index in [1.165, 1.54) is 11.8 Å². The van der Waals surface area contributed by atoms with E-state index in [1.54, 1.807) is 24.3 Å². The molecule has 2 nitrogen and oxygen atoms in total. The van der Waals surface area contributed by atoms with Crippen LogP contribution < -0.4 is 0 Å². The van der Waals surface area contributed by atoms with Gasteiger partial charge in [0.25, 0.3) is 0 Å². The van der Waals surface area contributed by atoms with Crippen molar-refractivity contribution in [2.75, 3.05) is 12.4 Å². The first-order valence-electron chi connectivity index (χ1n) is 4.26. The minimum atomic E-state index is -0.926. The highest BCUT2D eigenvalue weighted by molar-refractivity contribution is 7.99. The molecule has 0 amide bonds. The molecular formula is C10H11FO2S. The predicted molar refractivity (Wildman–Crippen MR) is 54.7 cm³/mol. The number of alkyl halides is 1. The fourth-order valence-electron chi connectivity index (χ4n) is 0.938. The van der Waals surface area contributed by atoms with Gasteiger partial charge in [0.15, 0.2) is 0 Å². The van der Waals surface area contributed by atoms with Gasteiger partial charge >= 0.3 is 5.97 Å². The Bertz CT molecular complexity index is 297. The molecule has 0 radical (unpaired) electrons. The molecule has 4 heteroatoms. The molecule has 0 fully saturated rings. The van der Waals surface area contributed by atoms with Gasteiger partial charge < -0.3 is 5.11 Å². The Morgan fingerprint density at radius 2 is 2.00 bits per heavy atom. The molecule has 1 N–H and O–H groups in total. The number of carbonyl (C=O) groups is 1. The monoisotopic (exact) mass is 214 g/mol. The zero-order chi connectivity index (χ0) is 10.4. The molecule has 0 saturated heterocycles. The summed E-state index contributed by atoms with van der Waals surface area (Å²) in [6.45, 7) is -0.305. The largest absolute Gasteiger partial charge is 0.478 e. The highest BCUT2D eigenvalue weighted by atomic mass is 32.2. The summed E-state index contributed by atoms with van der Waals surface area (Å²) in [5, 5.41) is 8.63. The third-order valence-corrected chi connectivity index (χ3v) is 2.75. The Balaban J connectivity index is 2.51. The molecule has 76 valence electrons. The van der Waals surface area contributed by atoms with Crippen LogP contribution in [-0.4, -0.2) is 23.5 Å². The molecule has 1 aromatic rings. The summed E-state index contributed by atoms with van der Waals surface area (Å²) >= 11 is 1.53. The number of rotatable bonds is 5. The van der Waals surface area contributed by atoms with Gasteiger partial charge in [0.05, 0.1) is 12.2 Å². The van der Waals surface area contributed by atoms with Crippen molar-refractivity contribution in [1.29, 1.82) is 0 Å². The normalized spacial score (nSPS) is 10.1. The number of hydrogen-bond acceptors (Lipinski definition) is 2. The Morgan fingerprint density at radius 3 is 2.50 bits per heavy atom. The Kier molecular flexibility index (Phi) is 4.46. The quantitative estimate of drug-likeness (QED) is 0.605. The van der Waals surface area contributed by atoms with Gasteiger partial charge in [-0.25, -0.2) is 4.79 Å². The fraction of sp³-hybridized carbons (Fsp3) is 0.300. The first-order chi connectivity index (χ1) is 6.74. The molecule has 1 rings (SSSR count). The van der Waals surface area contributed by atoms with Gasteiger partial charge in [0.1, 0.15) is 0 Å². The van der Waals surface area contributed by atoms with E-state index in [-0.39, 0.29) is 12.2 Å². The van der Waals surface area contributed by atoms with Crippen molar-refractivity contribution in [3.63, 3.8) is 0 Å². The van der Waals surface area contributed by atoms with Crippen LogP contribution in [0.3, 0.4) is 0 Å². The van der Waals surface area contributed by atoms with Crippen LogP contribution in [0.15, 0.2) is 29.2 Å². The summed E-state index contributed by atoms with van der Waals surface area (Å²) in [6, 6.07) is 6.60. The SMILES string of the molecule is O=C(O)c1ccc(SCCCF)cc1. The summed E-state index contributed by atoms with van der Waals surface area (Å²) in [7, 11) is 0. The number of aromatic carboxylic acids is 1. The van der Waals surface area contributed by atoms with Crippen LogP contribution in [0.2, 0.25) is 0 Å². The number of benzene rings is 1. The molecule has 1 aromatic carbocycles. The molecule has 0 aliphatic carbocycles. The lowest BCUT2D eigenvalue weighted by atomic mass is 10.2. The molecule has 0 aliphatic rings. The Hall–Kier alpha value is -1.03. The number of carboxylic acids is 1. The molecule has 0 atom stereocenters. The lowest BCUT2D eigenvalue weighted by molar-refractivity contribution is 0.0697. The summed E-state index contributed by atoms with van der Waals surface area (Å²) < 4.78 is 11.8. The van der Waals surface area contributed by atoms with Crippen molar-refractivity contribution in [3.05, 3.63) is 29.8 Å². The molecule has 0 bridgehead atoms. The number of carboxylic acid groups (broad SMARTS) is 1. The molecule has 0 spiro atoms. The van der Waals surface area contributed by atoms with Crippen LogP contribution in [0.5, 0.6) is 0 Å². The number of hydrogen-bond donors (Lipinski definition) is 1. The van der Waals surface area contributed by atoms with E-state index in [2.05, 4.69) is 0 Å². The molecule has 14 heavy (non-hydrogen) atoms. The van der Waals surface area contributed by atoms with Crippen LogP contribution in [-0.2, 0) is 0 Å². The van der Waals surface area contributed by atoms with Gasteiger partial charge in [-0.1, -0.05) is 0 Å². The van der Waals surface area contributed by atoms with Crippen molar-refractivity contribution >= 4 is 17.7 Å². The molecule has 0 unspecified atom stereocenters. The zero-order valence-corrected chi connectivity index (χ0v) is 8.39. The second-order valence-corrected chi connectivity index (χ2v) is 3.89. The maximum atomic E-state index is 11.8. The van der Waals surface area contributed by atoms with Crippen LogP contribution in [0.25, 0.3) is 0 Å². The molecule has 0 heterocycles. The lowest BCUT2D eigenvalue weighted by Gasteiger charge is -2.00. The molecule has 0 saturated carbocycles. The highest BCUT2D eigenvalue weighted by Crippen LogP contribution is 2.19. The van der Waals surface area contributed by atoms with Crippen molar-refractivity contribution in [1.82, 2.24) is 0 Å². The van der Waals surface area contributed by atoms with Crippen LogP contribution >= 0.6 is 11.8 Å². The van der Waals surface area contributed by atoms with Crippen LogP contribution in [0.1, 0.15) is 16.8 Å². The molecule has 0 aromatic heterocycles. The topological polar surface area (TPSA) is 37.3 Å². The van der Waals surface area contributed by atoms with Gasteiger partial charge in [-0.15, -0.1) is 11.8 Å². The summed E-state index contributed by atoms with van der Waals surface area (Å²) in [5.41, 5.74) is 0.278. The van der Waals surface area contributed by atoms with Crippen LogP contribution in [0, 0.1) is 0 Å². The van der Waals surface area contributed by atoms with E-state index >= 15 is 0 Å². The Labute approximate surface area is 86.1 Å². The summed E-state index contributed by atoms with van der Waals surface area (Å²) in [6.07, 6.45) is 0.533. The Morgan fingerprint density at radius 1 is 1.36 bits per heavy atom. The minimum absolute atomic E-state index is 0.278. The first-order valence-corrected chi connectivity index (χ1v) is 5.24. The third kappa shape index (κ3) is 3.38. The number of thioether (sulfide) groups is 1. The molecular weight excluding hydrogens is 203 g/mol. The average Bonchev–Trinajstić information content (AvgIpc) is 2.19. The zero-order valence-electron chi connectivity index (χ0n) is 7.57. The van der Waals surface area contributed by atoms with Crippen molar-refractivity contribution in [3.8, 4) is 0 Å². The number of halogens is 1. The second kappa shape index (κ2) is 5.65. The van der Waals surface area contributed by atoms with Gasteiger partial charge in [-0.2, -0.15) is 0 Å². The predicted octanol–water partition coefficient (Wildman–Crippen LogP) is 2.84. The van der Waals surface area contributed by atoms with Crippen molar-refractivity contribution < 1.29 is 14.3 Å². The van der Waals surface area contributed by atoms with Crippen molar-refractivity contribution in [2.24, 2.45) is 0 Å². The lowest BCUT2D eigenvalue weighted by Crippen LogP contribution is -1.94. The van der Waals surface area contributed by atoms with E-state index in [4.69, 9.17) is 5.11 Å². The van der Waals surface area contributed by atoms with E-state index in [1.807, 2.05) is 0 Å². The van der Waals surface area contributed by atoms with E-state index in [0.29, 0.717) is 6.42 Å². The van der Waals surface area contributed by atoms with Gasteiger partial charge in [-0.3, -0.25) is 4.39 Å². The summed E-state index contributed by atoms with van der Waals surface area (Å²) in [5.74, 6) is -0.201. The standard InChI is InChI=1S/C10H11FO2S/c11-6-1-7-14-9-4-2-8(3-5-9)10(12)13/h2-5H,1,6-7H2,(H,12,13). The van der Waals surface area contributed by atoms with Crippen molar-refractivity contribution in [2.45, 2.75) is 11.3 Å². The van der Waals surface area contributed by atoms with Gasteiger partial charge in [0, 0.05) is 10.6 Å². The smallest absolute Gasteiger partial charge is 0.335 e. The van der Waals surface area contributed by atoms with Gasteiger partial charge in [-0.05, 0) is 30.7 Å². The first kappa shape index (κ1) is 11.0. The van der Waals surface area contributed by atoms with Crippen LogP contribution in [0.4, 0.5) is 4.39 Å². The third-order valence-electron chi connectivity index (χ3n) is 1.65. The maximum absolute atomic E-state index is 11.8. The maximum Gasteiger partial charge on any atom is 0.335 e. The van der Waals surface area contributed by atoms with E-state index in [0.717, 1.165) is 10.6 Å². The van der Waals surface area contributed by atoms with E-state index < -0.39 is 5.97 Å². The average molecular weight is 214 g/mol. The minimum Gasteiger partial charge on any atom is -0.478 e. The molecule has 0 aliphatic heterocycles.